The van der Waals surface area contributed by atoms with Gasteiger partial charge < -0.3 is 15.4 Å². The number of carbonyl (C=O) groups is 1. The van der Waals surface area contributed by atoms with E-state index < -0.39 is 0 Å². The predicted molar refractivity (Wildman–Crippen MR) is 81.3 cm³/mol. The zero-order chi connectivity index (χ0) is 15.0. The second-order valence-electron chi connectivity index (χ2n) is 4.88. The Morgan fingerprint density at radius 3 is 2.75 bits per heavy atom. The summed E-state index contributed by atoms with van der Waals surface area (Å²) in [5, 5.41) is 5.89. The highest BCUT2D eigenvalue weighted by Gasteiger charge is 2.11. The number of hydrogen-bond acceptors (Lipinski definition) is 4. The third-order valence-corrected chi connectivity index (χ3v) is 2.91. The average Bonchev–Trinajstić information content (AvgIpc) is 2.46. The Hall–Kier alpha value is -1.62. The second-order valence-corrected chi connectivity index (χ2v) is 4.88. The lowest BCUT2D eigenvalue weighted by Crippen LogP contribution is -2.25. The lowest BCUT2D eigenvalue weighted by atomic mass is 10.1. The molecule has 0 atom stereocenters. The summed E-state index contributed by atoms with van der Waals surface area (Å²) in [6.07, 6.45) is 0.820. The Bertz CT molecular complexity index is 433. The number of nitrogens with one attached hydrogen (secondary N) is 2. The molecule has 112 valence electrons. The molecular formula is C15H25N3O2. The highest BCUT2D eigenvalue weighted by Crippen LogP contribution is 2.17. The van der Waals surface area contributed by atoms with E-state index in [0.717, 1.165) is 17.9 Å². The molecule has 5 nitrogen and oxygen atoms in total. The highest BCUT2D eigenvalue weighted by molar-refractivity contribution is 5.95. The van der Waals surface area contributed by atoms with E-state index in [9.17, 15) is 4.79 Å². The van der Waals surface area contributed by atoms with Crippen molar-refractivity contribution < 1.29 is 9.53 Å². The van der Waals surface area contributed by atoms with Crippen LogP contribution >= 0.6 is 0 Å². The standard InChI is InChI=1S/C15H25N3O2/c1-5-20-8-6-7-17-15(19)12-9-13(11(2)3)18-14(10-12)16-4/h9-11H,5-8H2,1-4H3,(H,16,18)(H,17,19). The zero-order valence-electron chi connectivity index (χ0n) is 12.8. The molecular weight excluding hydrogens is 254 g/mol. The number of hydrogen-bond donors (Lipinski definition) is 2. The van der Waals surface area contributed by atoms with E-state index in [-0.39, 0.29) is 11.8 Å². The molecule has 1 amide bonds. The maximum Gasteiger partial charge on any atom is 0.251 e. The first kappa shape index (κ1) is 16.4. The Morgan fingerprint density at radius 1 is 1.40 bits per heavy atom. The van der Waals surface area contributed by atoms with Crippen molar-refractivity contribution in [3.8, 4) is 0 Å². The first-order chi connectivity index (χ1) is 9.58. The van der Waals surface area contributed by atoms with Crippen LogP contribution in [0.2, 0.25) is 0 Å². The fourth-order valence-electron chi connectivity index (χ4n) is 1.73. The van der Waals surface area contributed by atoms with Gasteiger partial charge in [-0.2, -0.15) is 0 Å². The van der Waals surface area contributed by atoms with E-state index in [0.29, 0.717) is 25.3 Å². The van der Waals surface area contributed by atoms with Crippen LogP contribution in [-0.2, 0) is 4.74 Å². The number of carbonyl (C=O) groups excluding carboxylic acids is 1. The Labute approximate surface area is 121 Å². The molecule has 0 aliphatic rings. The summed E-state index contributed by atoms with van der Waals surface area (Å²) in [7, 11) is 1.80. The fraction of sp³-hybridized carbons (Fsp3) is 0.600. The van der Waals surface area contributed by atoms with Gasteiger partial charge in [0, 0.05) is 38.1 Å². The number of amides is 1. The number of pyridine rings is 1. The van der Waals surface area contributed by atoms with Crippen LogP contribution in [0.25, 0.3) is 0 Å². The molecule has 0 saturated heterocycles. The molecule has 1 aromatic heterocycles. The lowest BCUT2D eigenvalue weighted by molar-refractivity contribution is 0.0944. The quantitative estimate of drug-likeness (QED) is 0.717. The van der Waals surface area contributed by atoms with Gasteiger partial charge in [0.2, 0.25) is 0 Å². The number of nitrogens with zero attached hydrogens (tertiary/aromatic N) is 1. The highest BCUT2D eigenvalue weighted by atomic mass is 16.5. The Kier molecular flexibility index (Phi) is 7.01. The third kappa shape index (κ3) is 5.17. The molecule has 0 aromatic carbocycles. The summed E-state index contributed by atoms with van der Waals surface area (Å²) in [4.78, 5) is 16.6. The normalized spacial score (nSPS) is 10.7. The Morgan fingerprint density at radius 2 is 2.15 bits per heavy atom. The molecule has 0 fully saturated rings. The minimum Gasteiger partial charge on any atom is -0.382 e. The van der Waals surface area contributed by atoms with Crippen molar-refractivity contribution >= 4 is 11.7 Å². The first-order valence-electron chi connectivity index (χ1n) is 7.14. The van der Waals surface area contributed by atoms with Gasteiger partial charge in [0.05, 0.1) is 0 Å². The van der Waals surface area contributed by atoms with Crippen molar-refractivity contribution in [2.45, 2.75) is 33.1 Å². The van der Waals surface area contributed by atoms with E-state index in [1.165, 1.54) is 0 Å². The molecule has 20 heavy (non-hydrogen) atoms. The van der Waals surface area contributed by atoms with E-state index in [1.54, 1.807) is 13.1 Å². The van der Waals surface area contributed by atoms with Crippen LogP contribution < -0.4 is 10.6 Å². The average molecular weight is 279 g/mol. The van der Waals surface area contributed by atoms with Crippen LogP contribution in [0.3, 0.4) is 0 Å². The van der Waals surface area contributed by atoms with Gasteiger partial charge in [-0.05, 0) is 31.4 Å². The molecule has 0 unspecified atom stereocenters. The van der Waals surface area contributed by atoms with Gasteiger partial charge in [0.15, 0.2) is 0 Å². The number of anilines is 1. The summed E-state index contributed by atoms with van der Waals surface area (Å²) in [5.74, 6) is 0.936. The third-order valence-electron chi connectivity index (χ3n) is 2.91. The topological polar surface area (TPSA) is 63.2 Å². The van der Waals surface area contributed by atoms with Crippen molar-refractivity contribution in [1.29, 1.82) is 0 Å². The molecule has 0 spiro atoms. The van der Waals surface area contributed by atoms with Crippen molar-refractivity contribution in [1.82, 2.24) is 10.3 Å². The van der Waals surface area contributed by atoms with E-state index >= 15 is 0 Å². The summed E-state index contributed by atoms with van der Waals surface area (Å²) < 4.78 is 5.24. The van der Waals surface area contributed by atoms with Gasteiger partial charge in [0.1, 0.15) is 5.82 Å². The maximum absolute atomic E-state index is 12.1. The minimum absolute atomic E-state index is 0.0673. The van der Waals surface area contributed by atoms with Gasteiger partial charge in [-0.25, -0.2) is 4.98 Å². The second kappa shape index (κ2) is 8.53. The maximum atomic E-state index is 12.1. The van der Waals surface area contributed by atoms with Gasteiger partial charge in [-0.1, -0.05) is 13.8 Å². The van der Waals surface area contributed by atoms with Gasteiger partial charge in [0.25, 0.3) is 5.91 Å². The van der Waals surface area contributed by atoms with Crippen LogP contribution in [0.5, 0.6) is 0 Å². The molecule has 0 aliphatic carbocycles. The molecule has 0 radical (unpaired) electrons. The monoisotopic (exact) mass is 279 g/mol. The number of rotatable bonds is 8. The SMILES string of the molecule is CCOCCCNC(=O)c1cc(NC)nc(C(C)C)c1. The van der Waals surface area contributed by atoms with E-state index in [2.05, 4.69) is 29.5 Å². The van der Waals surface area contributed by atoms with Crippen LogP contribution in [0.4, 0.5) is 5.82 Å². The predicted octanol–water partition coefficient (Wildman–Crippen LogP) is 2.40. The van der Waals surface area contributed by atoms with Gasteiger partial charge >= 0.3 is 0 Å². The van der Waals surface area contributed by atoms with Crippen molar-refractivity contribution in [2.24, 2.45) is 0 Å². The molecule has 0 aliphatic heterocycles. The molecule has 0 saturated carbocycles. The van der Waals surface area contributed by atoms with E-state index in [1.807, 2.05) is 13.0 Å². The minimum atomic E-state index is -0.0673. The molecule has 1 heterocycles. The zero-order valence-corrected chi connectivity index (χ0v) is 12.8. The molecule has 1 rings (SSSR count). The summed E-state index contributed by atoms with van der Waals surface area (Å²) in [5.41, 5.74) is 1.56. The molecule has 5 heteroatoms. The molecule has 1 aromatic rings. The summed E-state index contributed by atoms with van der Waals surface area (Å²) in [6.45, 7) is 8.08. The van der Waals surface area contributed by atoms with Crippen LogP contribution in [0.1, 0.15) is 49.2 Å². The molecule has 0 bridgehead atoms. The van der Waals surface area contributed by atoms with Crippen LogP contribution in [0.15, 0.2) is 12.1 Å². The first-order valence-corrected chi connectivity index (χ1v) is 7.14. The van der Waals surface area contributed by atoms with Crippen molar-refractivity contribution in [2.75, 3.05) is 32.1 Å². The summed E-state index contributed by atoms with van der Waals surface area (Å²) in [6, 6.07) is 3.62. The van der Waals surface area contributed by atoms with Crippen LogP contribution in [0, 0.1) is 0 Å². The summed E-state index contributed by atoms with van der Waals surface area (Å²) >= 11 is 0. The molecule has 2 N–H and O–H groups in total. The smallest absolute Gasteiger partial charge is 0.251 e. The van der Waals surface area contributed by atoms with Crippen LogP contribution in [-0.4, -0.2) is 37.7 Å². The largest absolute Gasteiger partial charge is 0.382 e. The van der Waals surface area contributed by atoms with Gasteiger partial charge in [-0.3, -0.25) is 4.79 Å². The fourth-order valence-corrected chi connectivity index (χ4v) is 1.73. The Balaban J connectivity index is 2.64. The lowest BCUT2D eigenvalue weighted by Gasteiger charge is -2.11. The number of aromatic nitrogens is 1. The van der Waals surface area contributed by atoms with Gasteiger partial charge in [-0.15, -0.1) is 0 Å². The number of ether oxygens (including phenoxy) is 1. The van der Waals surface area contributed by atoms with Crippen molar-refractivity contribution in [3.63, 3.8) is 0 Å². The van der Waals surface area contributed by atoms with E-state index in [4.69, 9.17) is 4.74 Å². The van der Waals surface area contributed by atoms with Crippen molar-refractivity contribution in [3.05, 3.63) is 23.4 Å².